The van der Waals surface area contributed by atoms with Gasteiger partial charge in [-0.15, -0.1) is 0 Å². The number of rotatable bonds is 7. The quantitative estimate of drug-likeness (QED) is 0.602. The number of hydrogen-bond donors (Lipinski definition) is 2. The fourth-order valence-corrected chi connectivity index (χ4v) is 5.45. The first-order valence-corrected chi connectivity index (χ1v) is 13.0. The van der Waals surface area contributed by atoms with E-state index in [9.17, 15) is 18.0 Å². The van der Waals surface area contributed by atoms with E-state index in [1.807, 2.05) is 6.92 Å². The summed E-state index contributed by atoms with van der Waals surface area (Å²) in [6.45, 7) is 6.35. The van der Waals surface area contributed by atoms with E-state index < -0.39 is 15.9 Å². The Morgan fingerprint density at radius 1 is 0.971 bits per heavy atom. The zero-order chi connectivity index (χ0) is 24.9. The average molecular weight is 488 g/mol. The van der Waals surface area contributed by atoms with Gasteiger partial charge in [0.1, 0.15) is 10.6 Å². The molecular formula is C25H33N3O5S. The number of carbonyl (C=O) groups excluding carboxylic acids is 2. The SMILES string of the molecule is COc1ccc(C(=O)Nc2cc(NC(=O)C(C)C)ccc2C)cc1S(=O)(=O)N1CCCCCC1. The van der Waals surface area contributed by atoms with Gasteiger partial charge in [-0.3, -0.25) is 9.59 Å². The molecule has 1 aliphatic rings. The second kappa shape index (κ2) is 11.0. The van der Waals surface area contributed by atoms with E-state index in [1.54, 1.807) is 32.0 Å². The molecule has 3 rings (SSSR count). The van der Waals surface area contributed by atoms with Crippen LogP contribution in [0.4, 0.5) is 11.4 Å². The van der Waals surface area contributed by atoms with Gasteiger partial charge in [0.05, 0.1) is 7.11 Å². The van der Waals surface area contributed by atoms with Crippen molar-refractivity contribution in [3.63, 3.8) is 0 Å². The smallest absolute Gasteiger partial charge is 0.255 e. The van der Waals surface area contributed by atoms with Crippen LogP contribution in [-0.4, -0.2) is 44.7 Å². The first kappa shape index (κ1) is 25.7. The Kier molecular flexibility index (Phi) is 8.33. The molecule has 2 amide bonds. The van der Waals surface area contributed by atoms with E-state index in [2.05, 4.69) is 10.6 Å². The third-order valence-corrected chi connectivity index (χ3v) is 7.81. The first-order valence-electron chi connectivity index (χ1n) is 11.5. The Hall–Kier alpha value is -2.91. The van der Waals surface area contributed by atoms with Crippen molar-refractivity contribution in [3.05, 3.63) is 47.5 Å². The second-order valence-electron chi connectivity index (χ2n) is 8.81. The third-order valence-electron chi connectivity index (χ3n) is 5.89. The molecule has 0 bridgehead atoms. The molecule has 2 N–H and O–H groups in total. The van der Waals surface area contributed by atoms with E-state index >= 15 is 0 Å². The van der Waals surface area contributed by atoms with E-state index in [-0.39, 0.29) is 28.0 Å². The van der Waals surface area contributed by atoms with Crippen molar-refractivity contribution in [1.82, 2.24) is 4.31 Å². The maximum Gasteiger partial charge on any atom is 0.255 e. The number of anilines is 2. The summed E-state index contributed by atoms with van der Waals surface area (Å²) in [6.07, 6.45) is 3.62. The summed E-state index contributed by atoms with van der Waals surface area (Å²) < 4.78 is 33.6. The number of amides is 2. The molecular weight excluding hydrogens is 454 g/mol. The average Bonchev–Trinajstić information content (AvgIpc) is 3.11. The molecule has 0 unspecified atom stereocenters. The van der Waals surface area contributed by atoms with Gasteiger partial charge in [0.25, 0.3) is 5.91 Å². The van der Waals surface area contributed by atoms with Crippen LogP contribution in [0.2, 0.25) is 0 Å². The van der Waals surface area contributed by atoms with Crippen LogP contribution in [-0.2, 0) is 14.8 Å². The molecule has 0 spiro atoms. The monoisotopic (exact) mass is 487 g/mol. The highest BCUT2D eigenvalue weighted by atomic mass is 32.2. The Morgan fingerprint density at radius 2 is 1.65 bits per heavy atom. The normalized spacial score (nSPS) is 15.0. The molecule has 0 aliphatic carbocycles. The lowest BCUT2D eigenvalue weighted by Crippen LogP contribution is -2.32. The minimum absolute atomic E-state index is 0.0146. The van der Waals surface area contributed by atoms with Crippen LogP contribution >= 0.6 is 0 Å². The number of nitrogens with one attached hydrogen (secondary N) is 2. The van der Waals surface area contributed by atoms with Gasteiger partial charge in [-0.05, 0) is 55.7 Å². The van der Waals surface area contributed by atoms with Crippen LogP contribution in [0.15, 0.2) is 41.3 Å². The Bertz CT molecular complexity index is 1150. The van der Waals surface area contributed by atoms with Crippen LogP contribution in [0, 0.1) is 12.8 Å². The summed E-state index contributed by atoms with van der Waals surface area (Å²) in [4.78, 5) is 25.1. The molecule has 1 saturated heterocycles. The maximum atomic E-state index is 13.4. The molecule has 0 aromatic heterocycles. The zero-order valence-corrected chi connectivity index (χ0v) is 21.0. The highest BCUT2D eigenvalue weighted by molar-refractivity contribution is 7.89. The highest BCUT2D eigenvalue weighted by Gasteiger charge is 2.29. The van der Waals surface area contributed by atoms with Crippen LogP contribution in [0.5, 0.6) is 5.75 Å². The number of nitrogens with zero attached hydrogens (tertiary/aromatic N) is 1. The molecule has 0 saturated carbocycles. The number of carbonyl (C=O) groups is 2. The molecule has 2 aromatic rings. The van der Waals surface area contributed by atoms with Crippen LogP contribution in [0.3, 0.4) is 0 Å². The molecule has 9 heteroatoms. The molecule has 2 aromatic carbocycles. The minimum atomic E-state index is -3.81. The van der Waals surface area contributed by atoms with E-state index in [0.29, 0.717) is 24.5 Å². The van der Waals surface area contributed by atoms with Crippen molar-refractivity contribution in [1.29, 1.82) is 0 Å². The van der Waals surface area contributed by atoms with E-state index in [4.69, 9.17) is 4.74 Å². The Labute approximate surface area is 201 Å². The standard InChI is InChI=1S/C25H33N3O5S/c1-17(2)24(29)26-20-11-9-18(3)21(16-20)27-25(30)19-10-12-22(33-4)23(15-19)34(31,32)28-13-7-5-6-8-14-28/h9-12,15-17H,5-8,13-14H2,1-4H3,(H,26,29)(H,27,30). The predicted molar refractivity (Wildman–Crippen MR) is 133 cm³/mol. The molecule has 0 radical (unpaired) electrons. The highest BCUT2D eigenvalue weighted by Crippen LogP contribution is 2.30. The second-order valence-corrected chi connectivity index (χ2v) is 10.7. The number of hydrogen-bond acceptors (Lipinski definition) is 5. The predicted octanol–water partition coefficient (Wildman–Crippen LogP) is 4.42. The largest absolute Gasteiger partial charge is 0.495 e. The zero-order valence-electron chi connectivity index (χ0n) is 20.2. The minimum Gasteiger partial charge on any atom is -0.495 e. The van der Waals surface area contributed by atoms with Crippen molar-refractivity contribution >= 4 is 33.2 Å². The van der Waals surface area contributed by atoms with Gasteiger partial charge in [0.15, 0.2) is 0 Å². The summed E-state index contributed by atoms with van der Waals surface area (Å²) in [5.41, 5.74) is 2.10. The molecule has 0 atom stereocenters. The van der Waals surface area contributed by atoms with Crippen LogP contribution < -0.4 is 15.4 Å². The van der Waals surface area contributed by atoms with Crippen molar-refractivity contribution < 1.29 is 22.7 Å². The van der Waals surface area contributed by atoms with Gasteiger partial charge in [0.2, 0.25) is 15.9 Å². The van der Waals surface area contributed by atoms with Crippen molar-refractivity contribution in [2.75, 3.05) is 30.8 Å². The third kappa shape index (κ3) is 5.95. The van der Waals surface area contributed by atoms with Gasteiger partial charge in [-0.1, -0.05) is 32.8 Å². The number of methoxy groups -OCH3 is 1. The van der Waals surface area contributed by atoms with Crippen molar-refractivity contribution in [2.45, 2.75) is 51.3 Å². The lowest BCUT2D eigenvalue weighted by molar-refractivity contribution is -0.118. The summed E-state index contributed by atoms with van der Waals surface area (Å²) >= 11 is 0. The molecule has 1 fully saturated rings. The van der Waals surface area contributed by atoms with Gasteiger partial charge in [-0.25, -0.2) is 8.42 Å². The lowest BCUT2D eigenvalue weighted by Gasteiger charge is -2.21. The van der Waals surface area contributed by atoms with Crippen molar-refractivity contribution in [2.24, 2.45) is 5.92 Å². The lowest BCUT2D eigenvalue weighted by atomic mass is 10.1. The fraction of sp³-hybridized carbons (Fsp3) is 0.440. The summed E-state index contributed by atoms with van der Waals surface area (Å²) in [7, 11) is -2.40. The molecule has 8 nitrogen and oxygen atoms in total. The van der Waals surface area contributed by atoms with Crippen LogP contribution in [0.1, 0.15) is 55.5 Å². The fourth-order valence-electron chi connectivity index (χ4n) is 3.76. The van der Waals surface area contributed by atoms with Gasteiger partial charge in [-0.2, -0.15) is 4.31 Å². The molecule has 1 aliphatic heterocycles. The number of aryl methyl sites for hydroxylation is 1. The summed E-state index contributed by atoms with van der Waals surface area (Å²) in [5, 5.41) is 5.65. The Balaban J connectivity index is 1.88. The van der Waals surface area contributed by atoms with Gasteiger partial charge >= 0.3 is 0 Å². The van der Waals surface area contributed by atoms with Gasteiger partial charge in [0, 0.05) is 35.9 Å². The Morgan fingerprint density at radius 3 is 2.26 bits per heavy atom. The molecule has 34 heavy (non-hydrogen) atoms. The number of sulfonamides is 1. The van der Waals surface area contributed by atoms with Crippen LogP contribution in [0.25, 0.3) is 0 Å². The maximum absolute atomic E-state index is 13.4. The molecule has 1 heterocycles. The van der Waals surface area contributed by atoms with Crippen molar-refractivity contribution in [3.8, 4) is 5.75 Å². The summed E-state index contributed by atoms with van der Waals surface area (Å²) in [6, 6.07) is 9.67. The summed E-state index contributed by atoms with van der Waals surface area (Å²) in [5.74, 6) is -0.552. The number of benzene rings is 2. The van der Waals surface area contributed by atoms with Gasteiger partial charge < -0.3 is 15.4 Å². The first-order chi connectivity index (χ1) is 16.1. The van der Waals surface area contributed by atoms with E-state index in [1.165, 1.54) is 29.6 Å². The van der Waals surface area contributed by atoms with E-state index in [0.717, 1.165) is 31.2 Å². The topological polar surface area (TPSA) is 105 Å². The number of ether oxygens (including phenoxy) is 1. The molecule has 184 valence electrons.